The molecule has 2 aromatic carbocycles. The van der Waals surface area contributed by atoms with Crippen molar-refractivity contribution in [2.75, 3.05) is 24.7 Å². The fourth-order valence-electron chi connectivity index (χ4n) is 7.79. The second kappa shape index (κ2) is 15.3. The molecule has 0 unspecified atom stereocenters. The summed E-state index contributed by atoms with van der Waals surface area (Å²) in [4.78, 5) is 38.0. The van der Waals surface area contributed by atoms with Gasteiger partial charge in [-0.2, -0.15) is 24.0 Å². The van der Waals surface area contributed by atoms with Crippen LogP contribution in [-0.4, -0.2) is 74.5 Å². The Labute approximate surface area is 346 Å². The summed E-state index contributed by atoms with van der Waals surface area (Å²) in [5, 5.41) is 10.6. The highest BCUT2D eigenvalue weighted by Crippen LogP contribution is 2.68. The number of carbonyl (C=O) groups excluding carboxylic acids is 1. The number of sulfonamides is 1. The van der Waals surface area contributed by atoms with Gasteiger partial charge in [-0.3, -0.25) is 28.2 Å². The highest BCUT2D eigenvalue weighted by Gasteiger charge is 2.67. The lowest BCUT2D eigenvalue weighted by atomic mass is 10.0. The summed E-state index contributed by atoms with van der Waals surface area (Å²) in [6.45, 7) is 0.772. The Morgan fingerprint density at radius 1 is 1.08 bits per heavy atom. The van der Waals surface area contributed by atoms with E-state index in [2.05, 4.69) is 25.2 Å². The molecule has 0 bridgehead atoms. The molecule has 4 atom stereocenters. The molecule has 1 saturated carbocycles. The quantitative estimate of drug-likeness (QED) is 0.127. The minimum atomic E-state index is -3.92. The maximum Gasteiger partial charge on any atom is 0.293 e. The van der Waals surface area contributed by atoms with Gasteiger partial charge in [-0.25, -0.2) is 31.0 Å². The van der Waals surface area contributed by atoms with E-state index >= 15 is 8.78 Å². The van der Waals surface area contributed by atoms with Crippen LogP contribution < -0.4 is 20.3 Å². The molecule has 0 spiro atoms. The molecule has 23 heteroatoms. The number of fused-ring (bicyclic) bond motifs is 5. The van der Waals surface area contributed by atoms with Gasteiger partial charge in [0.15, 0.2) is 11.5 Å². The second-order valence-corrected chi connectivity index (χ2v) is 17.1. The molecule has 322 valence electrons. The number of aryl methyl sites for hydroxylation is 1. The minimum absolute atomic E-state index is 0.0122. The van der Waals surface area contributed by atoms with Crippen LogP contribution in [0.3, 0.4) is 0 Å². The maximum atomic E-state index is 15.5. The molecule has 15 nitrogen and oxygen atoms in total. The number of carbonyl (C=O) groups is 1. The molecule has 4 heterocycles. The van der Waals surface area contributed by atoms with Gasteiger partial charge in [0.1, 0.15) is 42.0 Å². The third-order valence-corrected chi connectivity index (χ3v) is 11.4. The van der Waals surface area contributed by atoms with Gasteiger partial charge in [0.05, 0.1) is 45.4 Å². The molecule has 0 radical (unpaired) electrons. The zero-order chi connectivity index (χ0) is 43.9. The van der Waals surface area contributed by atoms with Crippen molar-refractivity contribution < 1.29 is 49.0 Å². The molecule has 0 aliphatic heterocycles. The molecule has 2 aliphatic rings. The van der Waals surface area contributed by atoms with E-state index in [1.165, 1.54) is 43.1 Å². The van der Waals surface area contributed by atoms with Gasteiger partial charge in [0.25, 0.3) is 17.9 Å². The smallest absolute Gasteiger partial charge is 0.293 e. The van der Waals surface area contributed by atoms with E-state index < -0.39 is 87.7 Å². The minimum Gasteiger partial charge on any atom is -0.475 e. The lowest BCUT2D eigenvalue weighted by Crippen LogP contribution is -2.38. The zero-order valence-electron chi connectivity index (χ0n) is 32.4. The maximum absolute atomic E-state index is 15.5. The van der Waals surface area contributed by atoms with Gasteiger partial charge >= 0.3 is 0 Å². The molecule has 2 aliphatic carbocycles. The fourth-order valence-corrected chi connectivity index (χ4v) is 8.53. The number of aromatic nitrogens is 7. The number of pyridine rings is 1. The van der Waals surface area contributed by atoms with Gasteiger partial charge < -0.3 is 14.8 Å². The van der Waals surface area contributed by atoms with Gasteiger partial charge in [-0.05, 0) is 55.2 Å². The number of halogens is 7. The number of ether oxygens (including phenoxy) is 2. The van der Waals surface area contributed by atoms with E-state index in [0.717, 1.165) is 23.0 Å². The SMILES string of the molecule is CO[C@H](C)COc1ccc2c(=O)n(-c3ccc(Cl)c4c(NS(C)(=O)=O)nn(C)c34)c([C@H](Cc3cc(F)cc(F)c3)NC(=O)Cn3nc(C(F)F)c4c3C(F)(F)[C@@H]3C[C@H]43)nc2n1. The van der Waals surface area contributed by atoms with Crippen molar-refractivity contribution in [3.05, 3.63) is 97.8 Å². The Balaban J connectivity index is 1.33. The molecule has 6 aromatic rings. The molecule has 1 amide bonds. The molecule has 2 N–H and O–H groups in total. The van der Waals surface area contributed by atoms with E-state index in [-0.39, 0.29) is 80.4 Å². The first-order valence-corrected chi connectivity index (χ1v) is 20.8. The van der Waals surface area contributed by atoms with E-state index in [4.69, 9.17) is 26.1 Å². The second-order valence-electron chi connectivity index (χ2n) is 14.9. The van der Waals surface area contributed by atoms with Gasteiger partial charge in [-0.15, -0.1) is 0 Å². The zero-order valence-corrected chi connectivity index (χ0v) is 34.0. The summed E-state index contributed by atoms with van der Waals surface area (Å²) < 4.78 is 129. The summed E-state index contributed by atoms with van der Waals surface area (Å²) in [5.41, 5.74) is -3.00. The summed E-state index contributed by atoms with van der Waals surface area (Å²) >= 11 is 6.60. The van der Waals surface area contributed by atoms with Crippen LogP contribution in [0.25, 0.3) is 27.6 Å². The first kappa shape index (κ1) is 42.0. The fraction of sp³-hybridized carbons (Fsp3) is 0.368. The molecule has 0 saturated heterocycles. The Morgan fingerprint density at radius 2 is 1.80 bits per heavy atom. The number of alkyl halides is 4. The van der Waals surface area contributed by atoms with Crippen molar-refractivity contribution in [2.24, 2.45) is 13.0 Å². The average molecular weight is 894 g/mol. The number of nitrogens with zero attached hydrogens (tertiary/aromatic N) is 7. The number of benzene rings is 2. The Kier molecular flexibility index (Phi) is 10.5. The lowest BCUT2D eigenvalue weighted by Gasteiger charge is -2.24. The topological polar surface area (TPSA) is 177 Å². The number of hydrogen-bond donors (Lipinski definition) is 2. The van der Waals surface area contributed by atoms with Crippen molar-refractivity contribution in [1.29, 1.82) is 0 Å². The predicted octanol–water partition coefficient (Wildman–Crippen LogP) is 5.83. The van der Waals surface area contributed by atoms with E-state index in [1.807, 2.05) is 0 Å². The molecule has 4 aromatic heterocycles. The van der Waals surface area contributed by atoms with Crippen LogP contribution in [0, 0.1) is 17.6 Å². The Hall–Kier alpha value is -5.74. The van der Waals surface area contributed by atoms with E-state index in [9.17, 15) is 35.6 Å². The highest BCUT2D eigenvalue weighted by atomic mass is 35.5. The number of rotatable bonds is 14. The predicted molar refractivity (Wildman–Crippen MR) is 208 cm³/mol. The van der Waals surface area contributed by atoms with Crippen molar-refractivity contribution in [3.63, 3.8) is 0 Å². The van der Waals surface area contributed by atoms with Crippen molar-refractivity contribution >= 4 is 55.3 Å². The van der Waals surface area contributed by atoms with Crippen LogP contribution in [0.5, 0.6) is 5.88 Å². The molecular formula is C38H34ClF6N9O6S. The number of nitrogens with one attached hydrogen (secondary N) is 2. The standard InChI is InChI=1S/C38H34ClF6N9O6S/c1-16(59-3)15-60-27-8-5-20-34(47-27)48-36(54(37(20)56)25-7-6-23(39)29-31(25)52(2)50-35(29)51-61(4,57)58)24(11-17-9-18(40)12-19(41)10-17)46-26(55)14-53-32-28(30(49-53)33(42)43)21-13-22(21)38(32,44)45/h5-10,12,16,21-22,24,33H,11,13-15H2,1-4H3,(H,46,55)(H,50,51)/t16-,21+,22-,24+/m1/s1. The van der Waals surface area contributed by atoms with Crippen LogP contribution >= 0.6 is 11.6 Å². The van der Waals surface area contributed by atoms with Crippen molar-refractivity contribution in [1.82, 2.24) is 39.4 Å². The monoisotopic (exact) mass is 893 g/mol. The summed E-state index contributed by atoms with van der Waals surface area (Å²) in [7, 11) is -1.01. The van der Waals surface area contributed by atoms with Crippen LogP contribution in [0.2, 0.25) is 5.02 Å². The Morgan fingerprint density at radius 3 is 2.48 bits per heavy atom. The molecule has 8 rings (SSSR count). The van der Waals surface area contributed by atoms with Crippen LogP contribution in [0.1, 0.15) is 60.1 Å². The number of methoxy groups -OCH3 is 1. The van der Waals surface area contributed by atoms with Gasteiger partial charge in [0, 0.05) is 44.2 Å². The average Bonchev–Trinajstić information content (AvgIpc) is 3.71. The summed E-state index contributed by atoms with van der Waals surface area (Å²) in [6.07, 6.45) is -3.20. The third kappa shape index (κ3) is 7.75. The highest BCUT2D eigenvalue weighted by molar-refractivity contribution is 7.92. The summed E-state index contributed by atoms with van der Waals surface area (Å²) in [6, 6.07) is 6.47. The van der Waals surface area contributed by atoms with Gasteiger partial charge in [-0.1, -0.05) is 11.6 Å². The molecule has 61 heavy (non-hydrogen) atoms. The van der Waals surface area contributed by atoms with Crippen LogP contribution in [-0.2, 0) is 45.5 Å². The van der Waals surface area contributed by atoms with Crippen molar-refractivity contribution in [2.45, 2.75) is 56.7 Å². The number of amides is 1. The van der Waals surface area contributed by atoms with E-state index in [1.54, 1.807) is 6.92 Å². The van der Waals surface area contributed by atoms with Crippen molar-refractivity contribution in [3.8, 4) is 11.6 Å². The van der Waals surface area contributed by atoms with Gasteiger partial charge in [0.2, 0.25) is 21.8 Å². The first-order valence-electron chi connectivity index (χ1n) is 18.5. The largest absolute Gasteiger partial charge is 0.475 e. The Bertz CT molecular complexity index is 2920. The summed E-state index contributed by atoms with van der Waals surface area (Å²) in [5.74, 6) is -9.20. The van der Waals surface area contributed by atoms with E-state index in [0.29, 0.717) is 10.7 Å². The third-order valence-electron chi connectivity index (χ3n) is 10.5. The van der Waals surface area contributed by atoms with Crippen LogP contribution in [0.15, 0.2) is 47.3 Å². The molecular weight excluding hydrogens is 860 g/mol. The molecule has 1 fully saturated rings. The number of anilines is 1. The lowest BCUT2D eigenvalue weighted by molar-refractivity contribution is -0.123. The first-order chi connectivity index (χ1) is 28.7. The number of hydrogen-bond acceptors (Lipinski definition) is 10. The van der Waals surface area contributed by atoms with Crippen LogP contribution in [0.4, 0.5) is 32.2 Å². The normalized spacial score (nSPS) is 17.7.